The fourth-order valence-corrected chi connectivity index (χ4v) is 8.17. The van der Waals surface area contributed by atoms with Crippen molar-refractivity contribution in [2.45, 2.75) is 66.2 Å². The zero-order valence-corrected chi connectivity index (χ0v) is 38.4. The van der Waals surface area contributed by atoms with Crippen LogP contribution in [-0.2, 0) is 31.9 Å². The summed E-state index contributed by atoms with van der Waals surface area (Å²) < 4.78 is 8.87. The zero-order chi connectivity index (χ0) is 41.8. The summed E-state index contributed by atoms with van der Waals surface area (Å²) >= 11 is 0. The molecule has 9 rings (SSSR count). The molecule has 0 atom stereocenters. The van der Waals surface area contributed by atoms with Crippen LogP contribution in [0.3, 0.4) is 0 Å². The van der Waals surface area contributed by atoms with E-state index in [2.05, 4.69) is 222 Å². The molecule has 6 aromatic carbocycles. The van der Waals surface area contributed by atoms with Crippen LogP contribution in [0.1, 0.15) is 72.1 Å². The van der Waals surface area contributed by atoms with E-state index in [1.165, 1.54) is 22.3 Å². The van der Waals surface area contributed by atoms with Crippen molar-refractivity contribution in [2.24, 2.45) is 5.41 Å². The Morgan fingerprint density at radius 2 is 1.28 bits per heavy atom. The number of hydrogen-bond donors (Lipinski definition) is 0. The number of aromatic nitrogens is 2. The van der Waals surface area contributed by atoms with Crippen molar-refractivity contribution in [2.75, 3.05) is 9.80 Å². The van der Waals surface area contributed by atoms with Crippen LogP contribution in [0, 0.1) is 24.2 Å². The van der Waals surface area contributed by atoms with Crippen LogP contribution in [0.4, 0.5) is 11.4 Å². The molecule has 0 amide bonds. The van der Waals surface area contributed by atoms with Gasteiger partial charge in [-0.1, -0.05) is 146 Å². The van der Waals surface area contributed by atoms with Crippen molar-refractivity contribution >= 4 is 33.2 Å². The van der Waals surface area contributed by atoms with Gasteiger partial charge < -0.3 is 19.1 Å². The third-order valence-electron chi connectivity index (χ3n) is 11.7. The maximum Gasteiger partial charge on any atom is 0.135 e. The first-order chi connectivity index (χ1) is 28.7. The number of nitrogens with zero attached hydrogens (tertiary/aromatic N) is 4. The molecule has 0 aliphatic carbocycles. The minimum Gasteiger partial charge on any atom is -0.509 e. The zero-order valence-electron chi connectivity index (χ0n) is 36.1. The minimum absolute atomic E-state index is 0. The molecule has 6 heteroatoms. The Labute approximate surface area is 375 Å². The predicted molar refractivity (Wildman–Crippen MR) is 249 cm³/mol. The summed E-state index contributed by atoms with van der Waals surface area (Å²) in [7, 11) is 0. The third-order valence-corrected chi connectivity index (χ3v) is 11.7. The molecule has 0 saturated carbocycles. The van der Waals surface area contributed by atoms with E-state index in [1.54, 1.807) is 0 Å². The number of hydrogen-bond acceptors (Lipinski definition) is 4. The quantitative estimate of drug-likeness (QED) is 0.142. The van der Waals surface area contributed by atoms with Gasteiger partial charge in [0.2, 0.25) is 0 Å². The second-order valence-corrected chi connectivity index (χ2v) is 18.4. The molecule has 0 N–H and O–H groups in total. The van der Waals surface area contributed by atoms with E-state index in [9.17, 15) is 0 Å². The molecule has 0 radical (unpaired) electrons. The molecule has 8 aromatic rings. The van der Waals surface area contributed by atoms with Gasteiger partial charge in [-0.05, 0) is 75.2 Å². The summed E-state index contributed by atoms with van der Waals surface area (Å²) in [6, 6.07) is 58.6. The molecule has 0 saturated heterocycles. The van der Waals surface area contributed by atoms with Crippen LogP contribution in [-0.4, -0.2) is 9.55 Å². The summed E-state index contributed by atoms with van der Waals surface area (Å²) in [6.07, 6.45) is 4.15. The number of benzene rings is 6. The average Bonchev–Trinajstić information content (AvgIpc) is 3.85. The number of ether oxygens (including phenoxy) is 1. The first-order valence-electron chi connectivity index (χ1n) is 20.8. The Hall–Kier alpha value is -5.90. The molecule has 1 aliphatic rings. The smallest absolute Gasteiger partial charge is 0.135 e. The SMILES string of the molecule is CC(C)(C)C1=CN(c2cccc(C(C)(C)c3ccccc3)c2)[CH-]N1c1[c-]c(Oc2[c-]c3c(cc2)c2cc(-c4ccccc4)ccc2n3-c2cc(C(C)(C)C)ccn2)ccc1.[Pt]. The summed E-state index contributed by atoms with van der Waals surface area (Å²) in [5.41, 5.74) is 10.9. The van der Waals surface area contributed by atoms with E-state index in [-0.39, 0.29) is 37.3 Å². The molecular formula is C55H51N4OPt-3. The number of allylic oxidation sites excluding steroid dienone is 1. The van der Waals surface area contributed by atoms with Crippen LogP contribution in [0.2, 0.25) is 0 Å². The fraction of sp³-hybridized carbons (Fsp3) is 0.200. The molecule has 0 spiro atoms. The molecule has 61 heavy (non-hydrogen) atoms. The Kier molecular flexibility index (Phi) is 11.1. The van der Waals surface area contributed by atoms with Crippen LogP contribution in [0.25, 0.3) is 38.8 Å². The molecule has 0 bridgehead atoms. The van der Waals surface area contributed by atoms with Crippen LogP contribution < -0.4 is 14.5 Å². The van der Waals surface area contributed by atoms with E-state index in [0.717, 1.165) is 50.3 Å². The van der Waals surface area contributed by atoms with Crippen molar-refractivity contribution in [3.8, 4) is 28.4 Å². The van der Waals surface area contributed by atoms with Crippen molar-refractivity contribution in [3.63, 3.8) is 0 Å². The monoisotopic (exact) mass is 978 g/mol. The fourth-order valence-electron chi connectivity index (χ4n) is 8.17. The maximum absolute atomic E-state index is 6.65. The molecule has 0 unspecified atom stereocenters. The van der Waals surface area contributed by atoms with Gasteiger partial charge >= 0.3 is 0 Å². The number of rotatable bonds is 8. The van der Waals surface area contributed by atoms with Gasteiger partial charge in [0.05, 0.1) is 0 Å². The van der Waals surface area contributed by atoms with Gasteiger partial charge in [-0.3, -0.25) is 0 Å². The molecule has 2 aromatic heterocycles. The van der Waals surface area contributed by atoms with E-state index in [1.807, 2.05) is 24.4 Å². The van der Waals surface area contributed by atoms with E-state index in [0.29, 0.717) is 11.5 Å². The van der Waals surface area contributed by atoms with E-state index >= 15 is 0 Å². The molecule has 5 nitrogen and oxygen atoms in total. The largest absolute Gasteiger partial charge is 0.509 e. The Morgan fingerprint density at radius 1 is 0.574 bits per heavy atom. The Balaban J connectivity index is 0.00000514. The van der Waals surface area contributed by atoms with Crippen molar-refractivity contribution in [1.29, 1.82) is 0 Å². The van der Waals surface area contributed by atoms with E-state index < -0.39 is 0 Å². The summed E-state index contributed by atoms with van der Waals surface area (Å²) in [5, 5.41) is 2.22. The molecule has 310 valence electrons. The maximum atomic E-state index is 6.65. The van der Waals surface area contributed by atoms with Gasteiger partial charge in [0.25, 0.3) is 0 Å². The third kappa shape index (κ3) is 8.17. The summed E-state index contributed by atoms with van der Waals surface area (Å²) in [6.45, 7) is 20.2. The molecule has 1 aliphatic heterocycles. The Morgan fingerprint density at radius 3 is 2.02 bits per heavy atom. The van der Waals surface area contributed by atoms with Gasteiger partial charge in [-0.15, -0.1) is 48.1 Å². The topological polar surface area (TPSA) is 33.5 Å². The van der Waals surface area contributed by atoms with Crippen molar-refractivity contribution in [1.82, 2.24) is 9.55 Å². The van der Waals surface area contributed by atoms with E-state index in [4.69, 9.17) is 9.72 Å². The predicted octanol–water partition coefficient (Wildman–Crippen LogP) is 14.2. The van der Waals surface area contributed by atoms with Crippen molar-refractivity contribution < 1.29 is 25.8 Å². The first kappa shape index (κ1) is 41.8. The standard InChI is InChI=1S/C55H51N4O.Pt/c1-53(2,3)41-29-30-56-52(33-41)59-49-28-25-39(38-17-11-9-12-18-38)31-48(49)47-27-26-46(35-50(47)59)60-45-24-16-23-44(34-45)58-37-57(36-51(58)54(4,5)6)43-22-15-21-42(32-43)55(7,8)40-19-13-10-14-20-40;/h9-33,36-37H,1-8H3;/q-3;. The minimum atomic E-state index is -0.154. The number of pyridine rings is 1. The van der Waals surface area contributed by atoms with Crippen LogP contribution in [0.15, 0.2) is 164 Å². The number of anilines is 2. The summed E-state index contributed by atoms with van der Waals surface area (Å²) in [5.74, 6) is 2.06. The van der Waals surface area contributed by atoms with Crippen LogP contribution >= 0.6 is 0 Å². The van der Waals surface area contributed by atoms with Crippen LogP contribution in [0.5, 0.6) is 11.5 Å². The second-order valence-electron chi connectivity index (χ2n) is 18.4. The summed E-state index contributed by atoms with van der Waals surface area (Å²) in [4.78, 5) is 9.36. The van der Waals surface area contributed by atoms with Gasteiger partial charge in [0, 0.05) is 66.5 Å². The second kappa shape index (κ2) is 16.2. The van der Waals surface area contributed by atoms with Crippen molar-refractivity contribution in [3.05, 3.63) is 199 Å². The first-order valence-corrected chi connectivity index (χ1v) is 20.8. The normalized spacial score (nSPS) is 13.4. The van der Waals surface area contributed by atoms with Gasteiger partial charge in [0.15, 0.2) is 0 Å². The van der Waals surface area contributed by atoms with Gasteiger partial charge in [-0.2, -0.15) is 12.1 Å². The Bertz CT molecular complexity index is 2880. The molecule has 3 heterocycles. The van der Waals surface area contributed by atoms with Gasteiger partial charge in [0.1, 0.15) is 5.82 Å². The van der Waals surface area contributed by atoms with Gasteiger partial charge in [-0.25, -0.2) is 4.98 Å². The molecule has 0 fully saturated rings. The average molecular weight is 979 g/mol. The molecular weight excluding hydrogens is 928 g/mol. The number of fused-ring (bicyclic) bond motifs is 3.